The van der Waals surface area contributed by atoms with Crippen LogP contribution in [0.1, 0.15) is 61.5 Å². The number of fused-ring (bicyclic) bond motifs is 6. The Morgan fingerprint density at radius 3 is 2.54 bits per heavy atom. The van der Waals surface area contributed by atoms with Crippen LogP contribution in [0, 0.1) is 41.8 Å². The molecule has 284 valence electrons. The molecule has 4 aromatic rings. The summed E-state index contributed by atoms with van der Waals surface area (Å²) in [6, 6.07) is 10.1. The van der Waals surface area contributed by atoms with E-state index in [1.807, 2.05) is 22.3 Å². The fourth-order valence-corrected chi connectivity index (χ4v) is 9.24. The van der Waals surface area contributed by atoms with E-state index in [0.29, 0.717) is 39.8 Å². The van der Waals surface area contributed by atoms with E-state index in [2.05, 4.69) is 21.4 Å². The van der Waals surface area contributed by atoms with E-state index in [1.165, 1.54) is 24.3 Å². The van der Waals surface area contributed by atoms with E-state index in [0.717, 1.165) is 30.2 Å². The number of nitrogens with zero attached hydrogens (tertiary/aromatic N) is 4. The number of urea groups is 1. The fraction of sp³-hybridized carbons (Fsp3) is 0.487. The summed E-state index contributed by atoms with van der Waals surface area (Å²) in [6.07, 6.45) is 0.891. The molecule has 9 nitrogen and oxygen atoms in total. The number of nitrogens with one attached hydrogen (secondary N) is 3. The summed E-state index contributed by atoms with van der Waals surface area (Å²) in [7, 11) is 0. The predicted molar refractivity (Wildman–Crippen MR) is 197 cm³/mol. The molecule has 0 spiro atoms. The fourth-order valence-electron chi connectivity index (χ4n) is 8.84. The Hall–Kier alpha value is -4.12. The number of benzene rings is 2. The number of piperidine rings is 1. The number of alkyl halides is 3. The summed E-state index contributed by atoms with van der Waals surface area (Å²) >= 11 is 12.8. The lowest BCUT2D eigenvalue weighted by atomic mass is 9.87. The van der Waals surface area contributed by atoms with Crippen molar-refractivity contribution in [1.82, 2.24) is 30.4 Å². The SMILES string of the molecule is C1NC2CC1C2.Cc1nc2c(F)c(-c3cccc(Cl)c3Cl)c(CCC#N)cc2c2[nH]c(C3C4CC(CN(C(=O)NCC(F)(F)F)C4)N3C(=O)C3CC3)cc12. The van der Waals surface area contributed by atoms with Crippen molar-refractivity contribution >= 4 is 56.9 Å². The molecule has 4 saturated heterocycles. The minimum atomic E-state index is -4.55. The highest BCUT2D eigenvalue weighted by molar-refractivity contribution is 6.43. The summed E-state index contributed by atoms with van der Waals surface area (Å²) in [5, 5.41) is 16.4. The van der Waals surface area contributed by atoms with Gasteiger partial charge in [-0.2, -0.15) is 18.4 Å². The molecule has 4 aliphatic heterocycles. The lowest BCUT2D eigenvalue weighted by Crippen LogP contribution is -2.51. The third kappa shape index (κ3) is 6.86. The van der Waals surface area contributed by atoms with Crippen molar-refractivity contribution in [1.29, 1.82) is 5.26 Å². The lowest BCUT2D eigenvalue weighted by Gasteiger charge is -2.32. The average Bonchev–Trinajstić information content (AvgIpc) is 3.40. The van der Waals surface area contributed by atoms with Crippen molar-refractivity contribution in [3.8, 4) is 17.2 Å². The number of nitriles is 1. The van der Waals surface area contributed by atoms with Gasteiger partial charge >= 0.3 is 12.2 Å². The van der Waals surface area contributed by atoms with Gasteiger partial charge in [0, 0.05) is 70.7 Å². The van der Waals surface area contributed by atoms with Crippen LogP contribution in [0.4, 0.5) is 22.4 Å². The van der Waals surface area contributed by atoms with Crippen molar-refractivity contribution < 1.29 is 27.2 Å². The molecule has 15 heteroatoms. The molecule has 3 atom stereocenters. The number of aryl methyl sites for hydroxylation is 2. The molecule has 2 aromatic heterocycles. The van der Waals surface area contributed by atoms with Gasteiger partial charge in [0.05, 0.1) is 33.7 Å². The Morgan fingerprint density at radius 1 is 1.11 bits per heavy atom. The molecular formula is C39H39Cl2F4N7O2. The van der Waals surface area contributed by atoms with Crippen LogP contribution in [0.3, 0.4) is 0 Å². The zero-order valence-corrected chi connectivity index (χ0v) is 31.0. The molecule has 54 heavy (non-hydrogen) atoms. The highest BCUT2D eigenvalue weighted by atomic mass is 35.5. The number of rotatable bonds is 6. The number of carbonyl (C=O) groups is 2. The summed E-state index contributed by atoms with van der Waals surface area (Å²) < 4.78 is 55.2. The van der Waals surface area contributed by atoms with Gasteiger partial charge in [0.1, 0.15) is 12.1 Å². The van der Waals surface area contributed by atoms with E-state index in [-0.39, 0.29) is 70.8 Å². The van der Waals surface area contributed by atoms with Crippen molar-refractivity contribution in [2.45, 2.75) is 76.2 Å². The molecule has 0 radical (unpaired) electrons. The van der Waals surface area contributed by atoms with Gasteiger partial charge in [0.2, 0.25) is 5.91 Å². The van der Waals surface area contributed by atoms with Gasteiger partial charge in [-0.15, -0.1) is 0 Å². The smallest absolute Gasteiger partial charge is 0.356 e. The number of likely N-dealkylation sites (tertiary alicyclic amines) is 2. The molecule has 10 rings (SSSR count). The van der Waals surface area contributed by atoms with Crippen LogP contribution >= 0.6 is 23.2 Å². The van der Waals surface area contributed by atoms with Crippen LogP contribution in [-0.2, 0) is 11.2 Å². The molecule has 2 aromatic carbocycles. The molecule has 2 saturated carbocycles. The Bertz CT molecular complexity index is 2180. The second kappa shape index (κ2) is 14.2. The monoisotopic (exact) mass is 783 g/mol. The van der Waals surface area contributed by atoms with Crippen LogP contribution in [-0.4, -0.2) is 76.1 Å². The van der Waals surface area contributed by atoms with Gasteiger partial charge in [-0.1, -0.05) is 35.3 Å². The summed E-state index contributed by atoms with van der Waals surface area (Å²) in [6.45, 7) is 1.93. The number of hydrogen-bond donors (Lipinski definition) is 3. The molecular weight excluding hydrogens is 745 g/mol. The molecule has 2 aliphatic carbocycles. The first kappa shape index (κ1) is 36.8. The van der Waals surface area contributed by atoms with E-state index < -0.39 is 30.6 Å². The number of pyridine rings is 1. The maximum absolute atomic E-state index is 16.6. The van der Waals surface area contributed by atoms with E-state index in [9.17, 15) is 28.0 Å². The number of amides is 3. The molecule has 3 unspecified atom stereocenters. The number of aromatic amines is 1. The summed E-state index contributed by atoms with van der Waals surface area (Å²) in [5.74, 6) is 0.0801. The van der Waals surface area contributed by atoms with Crippen LogP contribution in [0.15, 0.2) is 30.3 Å². The number of H-pyrrole nitrogens is 1. The first-order chi connectivity index (χ1) is 25.8. The maximum Gasteiger partial charge on any atom is 0.405 e. The second-order valence-electron chi connectivity index (χ2n) is 15.3. The molecule has 4 bridgehead atoms. The van der Waals surface area contributed by atoms with Gasteiger partial charge in [0.15, 0.2) is 5.82 Å². The average molecular weight is 785 g/mol. The number of aromatic nitrogens is 2. The van der Waals surface area contributed by atoms with Gasteiger partial charge in [-0.25, -0.2) is 14.2 Å². The Labute approximate surface area is 319 Å². The molecule has 6 aliphatic rings. The number of halogens is 6. The van der Waals surface area contributed by atoms with Crippen molar-refractivity contribution in [2.24, 2.45) is 17.8 Å². The Morgan fingerprint density at radius 2 is 1.89 bits per heavy atom. The van der Waals surface area contributed by atoms with Crippen LogP contribution in [0.2, 0.25) is 10.0 Å². The van der Waals surface area contributed by atoms with E-state index >= 15 is 4.39 Å². The maximum atomic E-state index is 16.6. The zero-order chi connectivity index (χ0) is 38.1. The lowest BCUT2D eigenvalue weighted by molar-refractivity contribution is -0.135. The molecule has 6 heterocycles. The van der Waals surface area contributed by atoms with Crippen LogP contribution in [0.25, 0.3) is 32.9 Å². The predicted octanol–water partition coefficient (Wildman–Crippen LogP) is 8.22. The summed E-state index contributed by atoms with van der Waals surface area (Å²) in [5.41, 5.74) is 3.09. The number of hydrogen-bond acceptors (Lipinski definition) is 5. The van der Waals surface area contributed by atoms with E-state index in [1.54, 1.807) is 25.1 Å². The first-order valence-corrected chi connectivity index (χ1v) is 19.2. The Balaban J connectivity index is 0.000000620. The second-order valence-corrected chi connectivity index (χ2v) is 16.1. The zero-order valence-electron chi connectivity index (χ0n) is 29.5. The van der Waals surface area contributed by atoms with Crippen molar-refractivity contribution in [3.05, 3.63) is 63.1 Å². The van der Waals surface area contributed by atoms with Crippen LogP contribution in [0.5, 0.6) is 0 Å². The molecule has 6 fully saturated rings. The molecule has 3 N–H and O–H groups in total. The normalized spacial score (nSPS) is 24.3. The highest BCUT2D eigenvalue weighted by Crippen LogP contribution is 2.49. The standard InChI is InChI=1S/C34H30Cl2F4N6O2.C5H9N/c1-16-22-12-25(31-19-10-20(46(31)32(47)17-7-8-17)14-45(13-19)33(48)42-15-34(38,39)40)44-29(22)23-11-18(4-3-9-41)26(28(37)30(23)43-16)21-5-2-6-24(35)27(21)36;1-4-2-5(1)6-3-4/h2,5-6,11-12,17,19-20,31,44H,3-4,7-8,10,13-15H2,1H3,(H,42,48);4-6H,1-3H2. The van der Waals surface area contributed by atoms with Crippen molar-refractivity contribution in [2.75, 3.05) is 26.2 Å². The topological polar surface area (TPSA) is 117 Å². The largest absolute Gasteiger partial charge is 0.405 e. The first-order valence-electron chi connectivity index (χ1n) is 18.4. The minimum Gasteiger partial charge on any atom is -0.356 e. The van der Waals surface area contributed by atoms with Crippen molar-refractivity contribution in [3.63, 3.8) is 0 Å². The van der Waals surface area contributed by atoms with Gasteiger partial charge in [-0.3, -0.25) is 4.79 Å². The van der Waals surface area contributed by atoms with Gasteiger partial charge < -0.3 is 25.4 Å². The molecule has 3 amide bonds. The third-order valence-corrected chi connectivity index (χ3v) is 12.4. The highest BCUT2D eigenvalue weighted by Gasteiger charge is 2.52. The summed E-state index contributed by atoms with van der Waals surface area (Å²) in [4.78, 5) is 37.8. The van der Waals surface area contributed by atoms with E-state index in [4.69, 9.17) is 23.2 Å². The Kier molecular flexibility index (Phi) is 9.68. The van der Waals surface area contributed by atoms with Gasteiger partial charge in [-0.05, 0) is 81.7 Å². The quantitative estimate of drug-likeness (QED) is 0.171. The van der Waals surface area contributed by atoms with Crippen LogP contribution < -0.4 is 10.6 Å². The third-order valence-electron chi connectivity index (χ3n) is 11.6. The van der Waals surface area contributed by atoms with Gasteiger partial charge in [0.25, 0.3) is 0 Å². The number of carbonyl (C=O) groups excluding carboxylic acids is 2. The minimum absolute atomic E-state index is 0.0312.